The summed E-state index contributed by atoms with van der Waals surface area (Å²) in [5.41, 5.74) is 7.21. The minimum atomic E-state index is -0.00667. The van der Waals surface area contributed by atoms with Gasteiger partial charge >= 0.3 is 0 Å². The molecule has 0 radical (unpaired) electrons. The zero-order valence-corrected chi connectivity index (χ0v) is 23.5. The van der Waals surface area contributed by atoms with Crippen LogP contribution in [-0.2, 0) is 13.6 Å². The second-order valence-corrected chi connectivity index (χ2v) is 11.8. The molecule has 2 saturated carbocycles. The standard InChI is InChI=1S/C33H33N7O/c1-20(35-17-21-4-3-5-21)24-9-10-25-18-40(33(41)28(25)13-24)31-15-26(14-30(37-31)23-7-8-23)27-11-6-22(16-34)12-29(27)32-38-36-19-39(32)2/h6,9-15,19-21,23,35H,3-5,7-8,17-18H2,1-2H3/t20-/m0/s1. The normalized spacial score (nSPS) is 17.3. The first kappa shape index (κ1) is 25.6. The van der Waals surface area contributed by atoms with Gasteiger partial charge in [0.1, 0.15) is 12.1 Å². The van der Waals surface area contributed by atoms with Crippen LogP contribution in [0.1, 0.15) is 83.7 Å². The molecule has 206 valence electrons. The lowest BCUT2D eigenvalue weighted by Crippen LogP contribution is -2.29. The van der Waals surface area contributed by atoms with Crippen molar-refractivity contribution in [3.8, 4) is 28.6 Å². The molecule has 0 spiro atoms. The molecule has 1 atom stereocenters. The number of carbonyl (C=O) groups excluding carboxylic acids is 1. The fourth-order valence-corrected chi connectivity index (χ4v) is 5.93. The Labute approximate surface area is 240 Å². The Kier molecular flexibility index (Phi) is 6.40. The van der Waals surface area contributed by atoms with Gasteiger partial charge in [0.2, 0.25) is 0 Å². The number of amides is 1. The Bertz CT molecular complexity index is 1690. The van der Waals surface area contributed by atoms with Crippen LogP contribution in [-0.4, -0.2) is 32.2 Å². The van der Waals surface area contributed by atoms with Crippen LogP contribution in [0, 0.1) is 17.2 Å². The van der Waals surface area contributed by atoms with Gasteiger partial charge in [-0.25, -0.2) is 4.98 Å². The number of benzene rings is 2. The van der Waals surface area contributed by atoms with E-state index in [1.807, 2.05) is 40.8 Å². The van der Waals surface area contributed by atoms with Crippen LogP contribution in [0.5, 0.6) is 0 Å². The van der Waals surface area contributed by atoms with Gasteiger partial charge in [0, 0.05) is 35.8 Å². The molecule has 4 aromatic rings. The summed E-state index contributed by atoms with van der Waals surface area (Å²) < 4.78 is 1.85. The number of anilines is 1. The molecule has 3 heterocycles. The molecule has 8 heteroatoms. The summed E-state index contributed by atoms with van der Waals surface area (Å²) in [4.78, 5) is 20.6. The summed E-state index contributed by atoms with van der Waals surface area (Å²) in [6.07, 6.45) is 7.83. The van der Waals surface area contributed by atoms with E-state index in [0.717, 1.165) is 64.4 Å². The maximum atomic E-state index is 13.8. The molecule has 2 aliphatic carbocycles. The Hall–Kier alpha value is -4.35. The molecule has 3 aliphatic rings. The highest BCUT2D eigenvalue weighted by Crippen LogP contribution is 2.43. The van der Waals surface area contributed by atoms with E-state index in [2.05, 4.69) is 52.8 Å². The number of aryl methyl sites for hydroxylation is 1. The highest BCUT2D eigenvalue weighted by Gasteiger charge is 2.33. The lowest BCUT2D eigenvalue weighted by molar-refractivity contribution is 0.0996. The molecule has 0 unspecified atom stereocenters. The number of hydrogen-bond donors (Lipinski definition) is 1. The lowest BCUT2D eigenvalue weighted by atomic mass is 9.85. The van der Waals surface area contributed by atoms with Gasteiger partial charge in [-0.2, -0.15) is 5.26 Å². The molecule has 2 aromatic carbocycles. The van der Waals surface area contributed by atoms with E-state index in [9.17, 15) is 10.1 Å². The third-order valence-corrected chi connectivity index (χ3v) is 8.89. The van der Waals surface area contributed by atoms with Gasteiger partial charge in [-0.1, -0.05) is 24.6 Å². The van der Waals surface area contributed by atoms with Crippen molar-refractivity contribution in [3.63, 3.8) is 0 Å². The van der Waals surface area contributed by atoms with Gasteiger partial charge in [0.05, 0.1) is 18.2 Å². The number of nitrogens with one attached hydrogen (secondary N) is 1. The Morgan fingerprint density at radius 2 is 1.90 bits per heavy atom. The largest absolute Gasteiger partial charge is 0.317 e. The van der Waals surface area contributed by atoms with Crippen LogP contribution in [0.4, 0.5) is 5.82 Å². The molecular weight excluding hydrogens is 510 g/mol. The molecule has 1 N–H and O–H groups in total. The van der Waals surface area contributed by atoms with Crippen molar-refractivity contribution in [1.29, 1.82) is 5.26 Å². The average molecular weight is 544 g/mol. The average Bonchev–Trinajstić information content (AvgIpc) is 3.66. The molecule has 0 bridgehead atoms. The Morgan fingerprint density at radius 3 is 2.61 bits per heavy atom. The summed E-state index contributed by atoms with van der Waals surface area (Å²) in [6.45, 7) is 3.71. The number of fused-ring (bicyclic) bond motifs is 1. The summed E-state index contributed by atoms with van der Waals surface area (Å²) in [5.74, 6) is 2.53. The summed E-state index contributed by atoms with van der Waals surface area (Å²) >= 11 is 0. The van der Waals surface area contributed by atoms with Crippen molar-refractivity contribution >= 4 is 11.7 Å². The second kappa shape index (κ2) is 10.2. The van der Waals surface area contributed by atoms with Gasteiger partial charge in [0.25, 0.3) is 5.91 Å². The molecule has 1 aliphatic heterocycles. The van der Waals surface area contributed by atoms with Gasteiger partial charge < -0.3 is 9.88 Å². The van der Waals surface area contributed by atoms with E-state index in [-0.39, 0.29) is 11.9 Å². The topological polar surface area (TPSA) is 99.7 Å². The number of nitrogens with zero attached hydrogens (tertiary/aromatic N) is 6. The van der Waals surface area contributed by atoms with Crippen LogP contribution in [0.3, 0.4) is 0 Å². The number of carbonyl (C=O) groups is 1. The molecule has 1 amide bonds. The van der Waals surface area contributed by atoms with Gasteiger partial charge in [0.15, 0.2) is 5.82 Å². The van der Waals surface area contributed by atoms with Crippen molar-refractivity contribution in [2.75, 3.05) is 11.4 Å². The summed E-state index contributed by atoms with van der Waals surface area (Å²) in [7, 11) is 1.89. The predicted octanol–water partition coefficient (Wildman–Crippen LogP) is 5.90. The van der Waals surface area contributed by atoms with Gasteiger partial charge in [-0.3, -0.25) is 9.69 Å². The van der Waals surface area contributed by atoms with Crippen LogP contribution in [0.25, 0.3) is 22.5 Å². The third kappa shape index (κ3) is 4.81. The molecular formula is C33H33N7O. The number of pyridine rings is 1. The van der Waals surface area contributed by atoms with E-state index in [1.54, 1.807) is 6.33 Å². The molecule has 2 aromatic heterocycles. The smallest absolute Gasteiger partial charge is 0.260 e. The highest BCUT2D eigenvalue weighted by molar-refractivity contribution is 6.10. The van der Waals surface area contributed by atoms with Crippen molar-refractivity contribution in [3.05, 3.63) is 82.8 Å². The van der Waals surface area contributed by atoms with E-state index < -0.39 is 0 Å². The van der Waals surface area contributed by atoms with Crippen LogP contribution in [0.15, 0.2) is 54.9 Å². The fourth-order valence-electron chi connectivity index (χ4n) is 5.93. The first-order chi connectivity index (χ1) is 20.0. The maximum absolute atomic E-state index is 13.8. The molecule has 41 heavy (non-hydrogen) atoms. The monoisotopic (exact) mass is 543 g/mol. The maximum Gasteiger partial charge on any atom is 0.260 e. The van der Waals surface area contributed by atoms with Crippen molar-refractivity contribution in [2.24, 2.45) is 13.0 Å². The van der Waals surface area contributed by atoms with Gasteiger partial charge in [-0.15, -0.1) is 10.2 Å². The number of aromatic nitrogens is 4. The van der Waals surface area contributed by atoms with Crippen molar-refractivity contribution < 1.29 is 4.79 Å². The lowest BCUT2D eigenvalue weighted by Gasteiger charge is -2.27. The van der Waals surface area contributed by atoms with Crippen LogP contribution < -0.4 is 10.2 Å². The zero-order chi connectivity index (χ0) is 28.1. The van der Waals surface area contributed by atoms with Crippen molar-refractivity contribution in [2.45, 2.75) is 57.5 Å². The van der Waals surface area contributed by atoms with E-state index in [4.69, 9.17) is 4.98 Å². The fraction of sp³-hybridized carbons (Fsp3) is 0.364. The highest BCUT2D eigenvalue weighted by atomic mass is 16.2. The minimum Gasteiger partial charge on any atom is -0.317 e. The van der Waals surface area contributed by atoms with Crippen LogP contribution >= 0.6 is 0 Å². The molecule has 2 fully saturated rings. The number of rotatable bonds is 8. The first-order valence-corrected chi connectivity index (χ1v) is 14.6. The Morgan fingerprint density at radius 1 is 1.05 bits per heavy atom. The zero-order valence-electron chi connectivity index (χ0n) is 23.5. The summed E-state index contributed by atoms with van der Waals surface area (Å²) in [6, 6.07) is 18.5. The molecule has 0 saturated heterocycles. The van der Waals surface area contributed by atoms with Crippen LogP contribution in [0.2, 0.25) is 0 Å². The number of nitriles is 1. The van der Waals surface area contributed by atoms with E-state index in [1.165, 1.54) is 19.3 Å². The van der Waals surface area contributed by atoms with Crippen molar-refractivity contribution in [1.82, 2.24) is 25.1 Å². The summed E-state index contributed by atoms with van der Waals surface area (Å²) in [5, 5.41) is 21.6. The molecule has 8 nitrogen and oxygen atoms in total. The number of hydrogen-bond acceptors (Lipinski definition) is 6. The second-order valence-electron chi connectivity index (χ2n) is 11.8. The van der Waals surface area contributed by atoms with E-state index >= 15 is 0 Å². The quantitative estimate of drug-likeness (QED) is 0.297. The third-order valence-electron chi connectivity index (χ3n) is 8.89. The Balaban J connectivity index is 1.23. The molecule has 7 rings (SSSR count). The van der Waals surface area contributed by atoms with E-state index in [0.29, 0.717) is 29.7 Å². The first-order valence-electron chi connectivity index (χ1n) is 14.6. The minimum absolute atomic E-state index is 0.00667. The SMILES string of the molecule is C[C@H](NCC1CCC1)c1ccc2c(c1)C(=O)N(c1cc(-c3ccc(C#N)cc3-c3nncn3C)cc(C3CC3)n1)C2. The predicted molar refractivity (Wildman–Crippen MR) is 157 cm³/mol. The van der Waals surface area contributed by atoms with Gasteiger partial charge in [-0.05, 0) is 97.7 Å².